The van der Waals surface area contributed by atoms with Gasteiger partial charge in [-0.3, -0.25) is 0 Å². The quantitative estimate of drug-likeness (QED) is 0.329. The Morgan fingerprint density at radius 3 is 1.45 bits per heavy atom. The van der Waals surface area contributed by atoms with Crippen LogP contribution in [0.4, 0.5) is 0 Å². The minimum atomic E-state index is -2.75. The molecule has 0 aromatic heterocycles. The Labute approximate surface area is 182 Å². The molecule has 29 heavy (non-hydrogen) atoms. The first-order valence-corrected chi connectivity index (χ1v) is 22.4. The molecule has 0 saturated heterocycles. The van der Waals surface area contributed by atoms with Crippen LogP contribution in [-0.2, 0) is 30.8 Å². The summed E-state index contributed by atoms with van der Waals surface area (Å²) in [6.45, 7) is 14.0. The molecule has 0 saturated carbocycles. The molecular weight excluding hydrogens is 515 g/mol. The van der Waals surface area contributed by atoms with Gasteiger partial charge in [0, 0.05) is 0 Å². The number of benzene rings is 2. The molecule has 0 spiro atoms. The van der Waals surface area contributed by atoms with E-state index in [1.54, 1.807) is 11.1 Å². The summed E-state index contributed by atoms with van der Waals surface area (Å²) in [5, 5.41) is 0. The number of rotatable bonds is 2. The summed E-state index contributed by atoms with van der Waals surface area (Å²) in [5.41, 5.74) is 9.48. The third-order valence-corrected chi connectivity index (χ3v) is 22.2. The Hall–Kier alpha value is -1.21. The van der Waals surface area contributed by atoms with Crippen LogP contribution in [0.15, 0.2) is 60.7 Å². The van der Waals surface area contributed by atoms with E-state index in [2.05, 4.69) is 112 Å². The van der Waals surface area contributed by atoms with Crippen LogP contribution < -0.4 is 0 Å². The third-order valence-electron chi connectivity index (χ3n) is 7.10. The summed E-state index contributed by atoms with van der Waals surface area (Å²) in [6, 6.07) is 14.7. The first kappa shape index (κ1) is 21.0. The van der Waals surface area contributed by atoms with Crippen molar-refractivity contribution >= 4 is 0 Å². The normalized spacial score (nSPS) is 17.1. The van der Waals surface area contributed by atoms with Crippen molar-refractivity contribution in [1.82, 2.24) is 0 Å². The van der Waals surface area contributed by atoms with Gasteiger partial charge in [-0.2, -0.15) is 0 Å². The molecule has 0 nitrogen and oxygen atoms in total. The SMILES string of the molecule is CC(C)(C)c1ccc2c(c1)[CH]([Hf]([CH3])([CH3])[CH]1C=CC=C1)c1cc(C(C)(C)C)ccc1-2. The van der Waals surface area contributed by atoms with Crippen LogP contribution >= 0.6 is 0 Å². The second-order valence-corrected chi connectivity index (χ2v) is 29.2. The Balaban J connectivity index is 1.96. The van der Waals surface area contributed by atoms with Crippen molar-refractivity contribution in [2.45, 2.75) is 69.1 Å². The Kier molecular flexibility index (Phi) is 5.01. The van der Waals surface area contributed by atoms with Crippen molar-refractivity contribution in [3.05, 3.63) is 83.0 Å². The minimum absolute atomic E-state index is 0.180. The van der Waals surface area contributed by atoms with E-state index in [0.717, 1.165) is 0 Å². The molecule has 2 aliphatic rings. The zero-order chi connectivity index (χ0) is 21.2. The molecule has 0 fully saturated rings. The molecular formula is C28H36Hf. The van der Waals surface area contributed by atoms with E-state index in [-0.39, 0.29) is 10.8 Å². The summed E-state index contributed by atoms with van der Waals surface area (Å²) in [5.74, 6) is 0. The molecule has 4 rings (SSSR count). The molecule has 0 aliphatic heterocycles. The van der Waals surface area contributed by atoms with E-state index in [1.807, 2.05) is 0 Å². The number of hydrogen-bond acceptors (Lipinski definition) is 0. The predicted molar refractivity (Wildman–Crippen MR) is 125 cm³/mol. The van der Waals surface area contributed by atoms with Crippen molar-refractivity contribution < 1.29 is 20.0 Å². The second-order valence-electron chi connectivity index (χ2n) is 11.7. The average molecular weight is 551 g/mol. The molecule has 0 bridgehead atoms. The van der Waals surface area contributed by atoms with Gasteiger partial charge in [0.15, 0.2) is 0 Å². The van der Waals surface area contributed by atoms with Crippen LogP contribution in [-0.4, -0.2) is 0 Å². The molecule has 0 N–H and O–H groups in total. The molecule has 2 aliphatic carbocycles. The fraction of sp³-hybridized carbons (Fsp3) is 0.429. The van der Waals surface area contributed by atoms with Gasteiger partial charge >= 0.3 is 183 Å². The molecule has 2 aromatic carbocycles. The van der Waals surface area contributed by atoms with Gasteiger partial charge in [0.25, 0.3) is 0 Å². The molecule has 2 aromatic rings. The van der Waals surface area contributed by atoms with Gasteiger partial charge in [0.05, 0.1) is 0 Å². The second kappa shape index (κ2) is 6.91. The maximum absolute atomic E-state index is 2.75. The summed E-state index contributed by atoms with van der Waals surface area (Å²) >= 11 is -2.75. The average Bonchev–Trinajstić information content (AvgIpc) is 3.26. The van der Waals surface area contributed by atoms with Crippen molar-refractivity contribution in [3.63, 3.8) is 0 Å². The van der Waals surface area contributed by atoms with Crippen LogP contribution in [0.2, 0.25) is 13.0 Å². The van der Waals surface area contributed by atoms with Crippen LogP contribution in [0, 0.1) is 0 Å². The Bertz CT molecular complexity index is 930. The summed E-state index contributed by atoms with van der Waals surface area (Å²) in [6.07, 6.45) is 9.47. The molecule has 1 heteroatoms. The molecule has 152 valence electrons. The van der Waals surface area contributed by atoms with Gasteiger partial charge < -0.3 is 0 Å². The summed E-state index contributed by atoms with van der Waals surface area (Å²) in [7, 11) is 0. The van der Waals surface area contributed by atoms with Gasteiger partial charge in [-0.25, -0.2) is 0 Å². The molecule has 0 unspecified atom stereocenters. The standard InChI is InChI=1S/C21H25.C5H5.2CH3.Hf/c1-20(2,3)16-7-9-18-14(12-16)11-15-13-17(21(4,5)6)8-10-19(15)18;1-2-4-5-3-1;;;/h7-13H,1-6H3;1-5H;2*1H3;. The van der Waals surface area contributed by atoms with Crippen molar-refractivity contribution in [3.8, 4) is 11.1 Å². The summed E-state index contributed by atoms with van der Waals surface area (Å²) < 4.78 is 6.65. The molecule has 0 amide bonds. The van der Waals surface area contributed by atoms with E-state index in [1.165, 1.54) is 22.3 Å². The van der Waals surface area contributed by atoms with E-state index < -0.39 is 20.0 Å². The summed E-state index contributed by atoms with van der Waals surface area (Å²) in [4.78, 5) is 0. The number of allylic oxidation sites excluding steroid dienone is 4. The van der Waals surface area contributed by atoms with Gasteiger partial charge in [0.2, 0.25) is 0 Å². The van der Waals surface area contributed by atoms with Crippen LogP contribution in [0.25, 0.3) is 11.1 Å². The van der Waals surface area contributed by atoms with Crippen molar-refractivity contribution in [2.24, 2.45) is 0 Å². The Morgan fingerprint density at radius 2 is 1.07 bits per heavy atom. The zero-order valence-electron chi connectivity index (χ0n) is 19.4. The van der Waals surface area contributed by atoms with Gasteiger partial charge in [-0.1, -0.05) is 0 Å². The van der Waals surface area contributed by atoms with Crippen LogP contribution in [0.1, 0.15) is 67.5 Å². The fourth-order valence-corrected chi connectivity index (χ4v) is 18.3. The number of hydrogen-bond donors (Lipinski definition) is 0. The van der Waals surface area contributed by atoms with Crippen molar-refractivity contribution in [2.75, 3.05) is 0 Å². The van der Waals surface area contributed by atoms with E-state index >= 15 is 0 Å². The van der Waals surface area contributed by atoms with Crippen LogP contribution in [0.5, 0.6) is 0 Å². The Morgan fingerprint density at radius 1 is 0.655 bits per heavy atom. The van der Waals surface area contributed by atoms with E-state index in [0.29, 0.717) is 7.35 Å². The topological polar surface area (TPSA) is 0 Å². The zero-order valence-corrected chi connectivity index (χ0v) is 23.0. The predicted octanol–water partition coefficient (Wildman–Crippen LogP) is 8.52. The first-order chi connectivity index (χ1) is 13.4. The van der Waals surface area contributed by atoms with Gasteiger partial charge in [-0.15, -0.1) is 0 Å². The molecule has 0 radical (unpaired) electrons. The van der Waals surface area contributed by atoms with Gasteiger partial charge in [0.1, 0.15) is 0 Å². The molecule has 0 heterocycles. The fourth-order valence-electron chi connectivity index (χ4n) is 5.12. The first-order valence-electron chi connectivity index (χ1n) is 11.0. The molecule has 0 atom stereocenters. The van der Waals surface area contributed by atoms with Crippen molar-refractivity contribution in [1.29, 1.82) is 0 Å². The van der Waals surface area contributed by atoms with E-state index in [9.17, 15) is 0 Å². The third kappa shape index (κ3) is 3.58. The van der Waals surface area contributed by atoms with Gasteiger partial charge in [-0.05, 0) is 0 Å². The maximum atomic E-state index is 2.68. The number of fused-ring (bicyclic) bond motifs is 3. The van der Waals surface area contributed by atoms with Crippen LogP contribution in [0.3, 0.4) is 0 Å². The monoisotopic (exact) mass is 552 g/mol. The van der Waals surface area contributed by atoms with E-state index in [4.69, 9.17) is 0 Å².